The van der Waals surface area contributed by atoms with Gasteiger partial charge >= 0.3 is 70.0 Å². The van der Waals surface area contributed by atoms with Crippen molar-refractivity contribution in [3.05, 3.63) is 350 Å². The van der Waals surface area contributed by atoms with E-state index in [0.29, 0.717) is 83.4 Å². The number of nitrogens with zero attached hydrogens (tertiary/aromatic N) is 10. The SMILES string of the molecule is C=CC(=O)OCCn1c(=O)n(CCOC(=O)C=C)c(=O)n(CCOC(=O)CCOc2c(C)cc3cc2CN(c2ccccc2)Cc2cc(cc(CN(C)c4ccccc4)c2O)C(C)(C)c2cc(CN(C)c4ccccc4)c(OCCC(=O)OCCn4c(=O)n(CCOC(=O)C=C)c(=O)n(CCOC(=O)C=C)c4=O)c(c2)CN(c2ccccc2)Cc2cc(cc(C)c2O)C3(C)C)c1=O. The zero-order valence-electron chi connectivity index (χ0n) is 75.4. The van der Waals surface area contributed by atoms with Gasteiger partial charge in [0.25, 0.3) is 0 Å². The van der Waals surface area contributed by atoms with Crippen LogP contribution in [0.3, 0.4) is 0 Å². The zero-order chi connectivity index (χ0) is 95.1. The van der Waals surface area contributed by atoms with Crippen LogP contribution in [0, 0.1) is 13.8 Å². The number of phenolic OH excluding ortho intramolecular Hbond substituents is 2. The van der Waals surface area contributed by atoms with Gasteiger partial charge in [0, 0.05) is 145 Å². The molecule has 0 unspecified atom stereocenters. The Morgan fingerprint density at radius 3 is 0.992 bits per heavy atom. The van der Waals surface area contributed by atoms with Crippen molar-refractivity contribution in [2.45, 2.75) is 144 Å². The van der Waals surface area contributed by atoms with Crippen molar-refractivity contribution in [1.82, 2.24) is 27.4 Å². The van der Waals surface area contributed by atoms with Crippen LogP contribution in [0.2, 0.25) is 0 Å². The molecule has 10 aromatic rings. The van der Waals surface area contributed by atoms with Crippen molar-refractivity contribution in [3.63, 3.8) is 0 Å². The highest BCUT2D eigenvalue weighted by Crippen LogP contribution is 2.45. The van der Waals surface area contributed by atoms with Crippen LogP contribution in [0.15, 0.2) is 249 Å². The molecule has 0 fully saturated rings. The second-order valence-corrected chi connectivity index (χ2v) is 32.6. The molecule has 0 saturated carbocycles. The maximum Gasteiger partial charge on any atom is 0.336 e. The highest BCUT2D eigenvalue weighted by Gasteiger charge is 2.34. The van der Waals surface area contributed by atoms with Gasteiger partial charge in [-0.1, -0.05) is 139 Å². The highest BCUT2D eigenvalue weighted by molar-refractivity contribution is 5.82. The maximum absolute atomic E-state index is 14.2. The van der Waals surface area contributed by atoms with Crippen LogP contribution in [-0.2, 0) is 147 Å². The Kier molecular flexibility index (Phi) is 32.9. The lowest BCUT2D eigenvalue weighted by atomic mass is 9.75. The van der Waals surface area contributed by atoms with Gasteiger partial charge in [-0.2, -0.15) is 0 Å². The topological polar surface area (TPSA) is 362 Å². The molecule has 11 rings (SSSR count). The lowest BCUT2D eigenvalue weighted by Gasteiger charge is -2.34. The molecule has 32 nitrogen and oxygen atoms in total. The van der Waals surface area contributed by atoms with E-state index >= 15 is 0 Å². The van der Waals surface area contributed by atoms with Gasteiger partial charge in [0.2, 0.25) is 0 Å². The molecule has 132 heavy (non-hydrogen) atoms. The van der Waals surface area contributed by atoms with Crippen LogP contribution in [0.5, 0.6) is 23.0 Å². The Bertz CT molecular complexity index is 6150. The number of anilines is 4. The molecule has 8 aromatic carbocycles. The third-order valence-corrected chi connectivity index (χ3v) is 23.0. The summed E-state index contributed by atoms with van der Waals surface area (Å²) in [4.78, 5) is 167. The molecule has 0 radical (unpaired) electrons. The molecule has 0 saturated heterocycles. The number of aromatic hydroxyl groups is 2. The summed E-state index contributed by atoms with van der Waals surface area (Å²) in [6.45, 7) is 20.4. The number of carbonyl (C=O) groups is 6. The molecule has 0 amide bonds. The third-order valence-electron chi connectivity index (χ3n) is 23.0. The number of hydrogen-bond acceptors (Lipinski definition) is 26. The largest absolute Gasteiger partial charge is 0.507 e. The lowest BCUT2D eigenvalue weighted by Crippen LogP contribution is -2.55. The molecular formula is C100H110N10O22. The molecule has 1 aliphatic heterocycles. The van der Waals surface area contributed by atoms with Crippen LogP contribution in [0.1, 0.15) is 107 Å². The zero-order valence-corrected chi connectivity index (χ0v) is 75.4. The van der Waals surface area contributed by atoms with Crippen LogP contribution in [0.4, 0.5) is 22.7 Å². The summed E-state index contributed by atoms with van der Waals surface area (Å²) in [6, 6.07) is 55.4. The normalized spacial score (nSPS) is 12.7. The molecule has 2 aromatic heterocycles. The first-order valence-corrected chi connectivity index (χ1v) is 43.0. The van der Waals surface area contributed by atoms with E-state index in [9.17, 15) is 67.7 Å². The second kappa shape index (κ2) is 44.7. The molecule has 0 spiro atoms. The van der Waals surface area contributed by atoms with E-state index in [1.54, 1.807) is 0 Å². The Morgan fingerprint density at radius 1 is 0.356 bits per heavy atom. The van der Waals surface area contributed by atoms with Gasteiger partial charge in [-0.25, -0.2) is 75.3 Å². The number of aryl methyl sites for hydroxylation is 2. The minimum atomic E-state index is -1.09. The highest BCUT2D eigenvalue weighted by atomic mass is 16.6. The van der Waals surface area contributed by atoms with Gasteiger partial charge in [0.1, 0.15) is 62.6 Å². The number of aromatic nitrogens is 6. The van der Waals surface area contributed by atoms with Crippen molar-refractivity contribution < 1.29 is 76.9 Å². The van der Waals surface area contributed by atoms with Crippen LogP contribution >= 0.6 is 0 Å². The lowest BCUT2D eigenvalue weighted by molar-refractivity contribution is -0.145. The van der Waals surface area contributed by atoms with E-state index in [4.69, 9.17) is 37.9 Å². The number of carbonyl (C=O) groups excluding carboxylic acids is 6. The molecule has 692 valence electrons. The third kappa shape index (κ3) is 24.0. The summed E-state index contributed by atoms with van der Waals surface area (Å²) in [5.74, 6) is -3.87. The number of ether oxygens (including phenoxy) is 8. The Morgan fingerprint density at radius 2 is 0.636 bits per heavy atom. The quantitative estimate of drug-likeness (QED) is 0.0206. The summed E-state index contributed by atoms with van der Waals surface area (Å²) in [5.41, 5.74) is 3.44. The van der Waals surface area contributed by atoms with Crippen molar-refractivity contribution in [2.24, 2.45) is 0 Å². The number of benzene rings is 8. The molecule has 3 heterocycles. The molecule has 0 atom stereocenters. The van der Waals surface area contributed by atoms with Gasteiger partial charge in [0.15, 0.2) is 0 Å². The van der Waals surface area contributed by atoms with Gasteiger partial charge in [-0.05, 0) is 132 Å². The summed E-state index contributed by atoms with van der Waals surface area (Å²) >= 11 is 0. The number of phenols is 2. The number of para-hydroxylation sites is 4. The van der Waals surface area contributed by atoms with E-state index in [-0.39, 0.29) is 76.8 Å². The fraction of sp³-hybridized carbons (Fsp3) is 0.320. The van der Waals surface area contributed by atoms with Gasteiger partial charge in [-0.15, -0.1) is 0 Å². The van der Waals surface area contributed by atoms with Gasteiger partial charge in [-0.3, -0.25) is 9.59 Å². The predicted octanol–water partition coefficient (Wildman–Crippen LogP) is 10.3. The number of esters is 6. The van der Waals surface area contributed by atoms with Crippen molar-refractivity contribution in [1.29, 1.82) is 0 Å². The van der Waals surface area contributed by atoms with E-state index in [1.165, 1.54) is 0 Å². The minimum Gasteiger partial charge on any atom is -0.507 e. The molecular weight excluding hydrogens is 1690 g/mol. The first-order valence-electron chi connectivity index (χ1n) is 43.0. The summed E-state index contributed by atoms with van der Waals surface area (Å²) in [7, 11) is 3.92. The van der Waals surface area contributed by atoms with Crippen LogP contribution < -0.4 is 63.2 Å². The van der Waals surface area contributed by atoms with Crippen LogP contribution in [0.25, 0.3) is 0 Å². The molecule has 32 heteroatoms. The first-order chi connectivity index (χ1) is 63.2. The van der Waals surface area contributed by atoms with Gasteiger partial charge < -0.3 is 67.7 Å². The Balaban J connectivity index is 0.999. The number of hydrogen-bond donors (Lipinski definition) is 2. The van der Waals surface area contributed by atoms with Crippen molar-refractivity contribution in [3.8, 4) is 23.0 Å². The van der Waals surface area contributed by atoms with E-state index < -0.39 is 160 Å². The van der Waals surface area contributed by atoms with E-state index in [1.807, 2.05) is 180 Å². The summed E-state index contributed by atoms with van der Waals surface area (Å²) < 4.78 is 49.5. The predicted molar refractivity (Wildman–Crippen MR) is 498 cm³/mol. The van der Waals surface area contributed by atoms with Crippen molar-refractivity contribution >= 4 is 58.6 Å². The second-order valence-electron chi connectivity index (χ2n) is 32.6. The fourth-order valence-electron chi connectivity index (χ4n) is 15.5. The minimum absolute atomic E-state index is 0.0477. The Labute approximate surface area is 762 Å². The Hall–Kier alpha value is -15.2. The molecule has 8 bridgehead atoms. The molecule has 0 aliphatic carbocycles. The van der Waals surface area contributed by atoms with Crippen LogP contribution in [-0.4, -0.2) is 140 Å². The van der Waals surface area contributed by atoms with Gasteiger partial charge in [0.05, 0.1) is 65.3 Å². The standard InChI is InChI=1S/C100H110N10O22/c1-13-83(111)125-47-39-105-93(119)106(40-48-126-84(112)14-2)96(122)109(95(105)121)43-51-129-87(115)37-45-131-91-68(6)54-76-59-73(91)65-104(82-35-27-20-28-36-82)64-71-57-77(55-69(90(71)118)61-101(11)79-29-21-17-22-30-79)100(9,10)78-58-72(62-102(12)80-31-23-18-24-32-80)92(74(60-78)66-103(81-33-25-19-26-34-81)63-70-56-75(99(76,7)8)53-67(5)89(70)117)132-46-38-88(116)130-52-44-110-97(123)107(41-49-127-85(113)15-3)94(120)108(98(110)124)42-50-128-86(114)16-4/h13-36,53-60,117-118H,1-4,37-52,61-66H2,5-12H3. The number of rotatable bonds is 38. The van der Waals surface area contributed by atoms with Crippen molar-refractivity contribution in [2.75, 3.05) is 86.6 Å². The number of fused-ring (bicyclic) bond motifs is 8. The average Bonchev–Trinajstić information content (AvgIpc) is 0.765. The monoisotopic (exact) mass is 1800 g/mol. The van der Waals surface area contributed by atoms with E-state index in [2.05, 4.69) is 91.8 Å². The summed E-state index contributed by atoms with van der Waals surface area (Å²) in [6.07, 6.45) is 2.92. The fourth-order valence-corrected chi connectivity index (χ4v) is 15.5. The summed E-state index contributed by atoms with van der Waals surface area (Å²) in [5, 5.41) is 25.9. The maximum atomic E-state index is 14.2. The van der Waals surface area contributed by atoms with E-state index in [0.717, 1.165) is 69.3 Å². The molecule has 2 N–H and O–H groups in total. The molecule has 1 aliphatic rings. The first kappa shape index (κ1) is 97.4. The smallest absolute Gasteiger partial charge is 0.336 e. The average molecular weight is 1800 g/mol.